The Morgan fingerprint density at radius 2 is 1.79 bits per heavy atom. The number of hydrogen-bond acceptors (Lipinski definition) is 3. The molecule has 0 bridgehead atoms. The van der Waals surface area contributed by atoms with Gasteiger partial charge < -0.3 is 4.74 Å². The first-order valence-electron chi connectivity index (χ1n) is 5.36. The molecule has 0 saturated carbocycles. The van der Waals surface area contributed by atoms with Gasteiger partial charge in [0.15, 0.2) is 0 Å². The average Bonchev–Trinajstić information content (AvgIpc) is 2.39. The summed E-state index contributed by atoms with van der Waals surface area (Å²) in [6, 6.07) is 12.0. The maximum Gasteiger partial charge on any atom is 0.387 e. The van der Waals surface area contributed by atoms with Crippen LogP contribution in [0.15, 0.2) is 48.5 Å². The zero-order valence-electron chi connectivity index (χ0n) is 9.62. The lowest BCUT2D eigenvalue weighted by Crippen LogP contribution is -2.03. The van der Waals surface area contributed by atoms with E-state index in [0.29, 0.717) is 5.56 Å². The van der Waals surface area contributed by atoms with Gasteiger partial charge in [0.2, 0.25) is 0 Å². The van der Waals surface area contributed by atoms with E-state index in [1.165, 1.54) is 12.1 Å². The third-order valence-electron chi connectivity index (χ3n) is 2.47. The van der Waals surface area contributed by atoms with Gasteiger partial charge in [-0.25, -0.2) is 0 Å². The van der Waals surface area contributed by atoms with Gasteiger partial charge in [-0.3, -0.25) is 10.1 Å². The standard InChI is InChI=1S/C13H9F2NO3/c14-13(15)19-12-7-6-10(16(17)18)8-11(12)9-4-2-1-3-5-9/h1-8,13H. The topological polar surface area (TPSA) is 52.4 Å². The molecular formula is C13H9F2NO3. The van der Waals surface area contributed by atoms with Crippen LogP contribution in [0.5, 0.6) is 5.75 Å². The molecule has 0 N–H and O–H groups in total. The summed E-state index contributed by atoms with van der Waals surface area (Å²) in [5.74, 6) is -0.0909. The molecule has 0 spiro atoms. The summed E-state index contributed by atoms with van der Waals surface area (Å²) < 4.78 is 29.0. The number of ether oxygens (including phenoxy) is 1. The Kier molecular flexibility index (Phi) is 3.70. The van der Waals surface area contributed by atoms with Crippen molar-refractivity contribution in [3.8, 4) is 16.9 Å². The van der Waals surface area contributed by atoms with Crippen molar-refractivity contribution in [1.82, 2.24) is 0 Å². The maximum absolute atomic E-state index is 12.3. The summed E-state index contributed by atoms with van der Waals surface area (Å²) in [5.41, 5.74) is 0.650. The van der Waals surface area contributed by atoms with E-state index in [1.807, 2.05) is 0 Å². The lowest BCUT2D eigenvalue weighted by molar-refractivity contribution is -0.384. The van der Waals surface area contributed by atoms with Crippen LogP contribution in [-0.4, -0.2) is 11.5 Å². The fourth-order valence-electron chi connectivity index (χ4n) is 1.67. The van der Waals surface area contributed by atoms with Crippen molar-refractivity contribution in [1.29, 1.82) is 0 Å². The van der Waals surface area contributed by atoms with Gasteiger partial charge >= 0.3 is 6.61 Å². The number of alkyl halides is 2. The predicted molar refractivity (Wildman–Crippen MR) is 65.2 cm³/mol. The number of halogens is 2. The molecule has 0 fully saturated rings. The lowest BCUT2D eigenvalue weighted by Gasteiger charge is -2.10. The van der Waals surface area contributed by atoms with Crippen LogP contribution in [0.25, 0.3) is 11.1 Å². The number of benzene rings is 2. The van der Waals surface area contributed by atoms with Crippen LogP contribution < -0.4 is 4.74 Å². The summed E-state index contributed by atoms with van der Waals surface area (Å²) in [5, 5.41) is 10.7. The predicted octanol–water partition coefficient (Wildman–Crippen LogP) is 3.86. The molecule has 0 saturated heterocycles. The molecule has 0 unspecified atom stereocenters. The Bertz CT molecular complexity index is 588. The maximum atomic E-state index is 12.3. The van der Waals surface area contributed by atoms with E-state index in [2.05, 4.69) is 4.74 Å². The average molecular weight is 265 g/mol. The smallest absolute Gasteiger partial charge is 0.387 e. The largest absolute Gasteiger partial charge is 0.434 e. The minimum absolute atomic E-state index is 0.0909. The SMILES string of the molecule is O=[N+]([O-])c1ccc(OC(F)F)c(-c2ccccc2)c1. The molecule has 4 nitrogen and oxygen atoms in total. The van der Waals surface area contributed by atoms with Crippen molar-refractivity contribution < 1.29 is 18.4 Å². The van der Waals surface area contributed by atoms with Crippen LogP contribution in [0.3, 0.4) is 0 Å². The Morgan fingerprint density at radius 3 is 2.37 bits per heavy atom. The Labute approximate surface area is 107 Å². The molecule has 0 amide bonds. The summed E-state index contributed by atoms with van der Waals surface area (Å²) in [6.45, 7) is -2.98. The third kappa shape index (κ3) is 3.04. The quantitative estimate of drug-likeness (QED) is 0.623. The van der Waals surface area contributed by atoms with E-state index in [9.17, 15) is 18.9 Å². The molecule has 98 valence electrons. The molecule has 0 atom stereocenters. The molecule has 2 rings (SSSR count). The number of nitrogens with zero attached hydrogens (tertiary/aromatic N) is 1. The van der Waals surface area contributed by atoms with Gasteiger partial charge in [-0.2, -0.15) is 8.78 Å². The van der Waals surface area contributed by atoms with Gasteiger partial charge in [-0.1, -0.05) is 30.3 Å². The number of nitro groups is 1. The van der Waals surface area contributed by atoms with E-state index in [4.69, 9.17) is 0 Å². The van der Waals surface area contributed by atoms with E-state index in [0.717, 1.165) is 6.07 Å². The van der Waals surface area contributed by atoms with Crippen LogP contribution in [0.4, 0.5) is 14.5 Å². The van der Waals surface area contributed by atoms with Crippen molar-refractivity contribution in [2.45, 2.75) is 6.61 Å². The van der Waals surface area contributed by atoms with Gasteiger partial charge in [0.25, 0.3) is 5.69 Å². The first-order valence-corrected chi connectivity index (χ1v) is 5.36. The molecule has 6 heteroatoms. The van der Waals surface area contributed by atoms with Crippen LogP contribution in [0, 0.1) is 10.1 Å². The molecule has 2 aromatic carbocycles. The van der Waals surface area contributed by atoms with Gasteiger partial charge in [0.05, 0.1) is 4.92 Å². The molecular weight excluding hydrogens is 256 g/mol. The highest BCUT2D eigenvalue weighted by molar-refractivity contribution is 5.72. The van der Waals surface area contributed by atoms with Crippen molar-refractivity contribution in [3.63, 3.8) is 0 Å². The number of nitro benzene ring substituents is 1. The first kappa shape index (κ1) is 12.9. The Hall–Kier alpha value is -2.50. The highest BCUT2D eigenvalue weighted by Gasteiger charge is 2.15. The molecule has 19 heavy (non-hydrogen) atoms. The fraction of sp³-hybridized carbons (Fsp3) is 0.0769. The van der Waals surface area contributed by atoms with Gasteiger partial charge in [0, 0.05) is 17.7 Å². The minimum Gasteiger partial charge on any atom is -0.434 e. The first-order chi connectivity index (χ1) is 9.08. The van der Waals surface area contributed by atoms with E-state index in [1.54, 1.807) is 30.3 Å². The van der Waals surface area contributed by atoms with Crippen molar-refractivity contribution in [2.24, 2.45) is 0 Å². The van der Waals surface area contributed by atoms with E-state index in [-0.39, 0.29) is 17.0 Å². The molecule has 0 heterocycles. The summed E-state index contributed by atoms with van der Waals surface area (Å²) >= 11 is 0. The second-order valence-corrected chi connectivity index (χ2v) is 3.68. The normalized spacial score (nSPS) is 10.5. The van der Waals surface area contributed by atoms with Crippen LogP contribution >= 0.6 is 0 Å². The minimum atomic E-state index is -2.98. The molecule has 0 aromatic heterocycles. The Morgan fingerprint density at radius 1 is 1.11 bits per heavy atom. The van der Waals surface area contributed by atoms with Crippen molar-refractivity contribution >= 4 is 5.69 Å². The summed E-state index contributed by atoms with van der Waals surface area (Å²) in [7, 11) is 0. The summed E-state index contributed by atoms with van der Waals surface area (Å²) in [4.78, 5) is 10.1. The van der Waals surface area contributed by atoms with E-state index >= 15 is 0 Å². The van der Waals surface area contributed by atoms with E-state index < -0.39 is 11.5 Å². The highest BCUT2D eigenvalue weighted by Crippen LogP contribution is 2.34. The van der Waals surface area contributed by atoms with Crippen molar-refractivity contribution in [3.05, 3.63) is 58.6 Å². The van der Waals surface area contributed by atoms with Gasteiger partial charge in [-0.05, 0) is 11.6 Å². The molecule has 2 aromatic rings. The number of non-ortho nitro benzene ring substituents is 1. The fourth-order valence-corrected chi connectivity index (χ4v) is 1.67. The second-order valence-electron chi connectivity index (χ2n) is 3.68. The number of hydrogen-bond donors (Lipinski definition) is 0. The van der Waals surface area contributed by atoms with Crippen molar-refractivity contribution in [2.75, 3.05) is 0 Å². The zero-order valence-corrected chi connectivity index (χ0v) is 9.62. The summed E-state index contributed by atoms with van der Waals surface area (Å²) in [6.07, 6.45) is 0. The van der Waals surface area contributed by atoms with Crippen LogP contribution in [0.1, 0.15) is 0 Å². The monoisotopic (exact) mass is 265 g/mol. The molecule has 0 aliphatic heterocycles. The lowest BCUT2D eigenvalue weighted by atomic mass is 10.0. The number of rotatable bonds is 4. The third-order valence-corrected chi connectivity index (χ3v) is 2.47. The van der Waals surface area contributed by atoms with Gasteiger partial charge in [0.1, 0.15) is 5.75 Å². The molecule has 0 radical (unpaired) electrons. The van der Waals surface area contributed by atoms with Gasteiger partial charge in [-0.15, -0.1) is 0 Å². The molecule has 0 aliphatic carbocycles. The molecule has 0 aliphatic rings. The zero-order chi connectivity index (χ0) is 13.8. The van der Waals surface area contributed by atoms with Crippen LogP contribution in [0.2, 0.25) is 0 Å². The highest BCUT2D eigenvalue weighted by atomic mass is 19.3. The second kappa shape index (κ2) is 5.43. The Balaban J connectivity index is 2.53. The van der Waals surface area contributed by atoms with Crippen LogP contribution in [-0.2, 0) is 0 Å².